The third kappa shape index (κ3) is 5.08. The molecule has 1 amide bonds. The molecule has 2 aromatic carbocycles. The van der Waals surface area contributed by atoms with Crippen LogP contribution in [0.5, 0.6) is 11.5 Å². The summed E-state index contributed by atoms with van der Waals surface area (Å²) in [6.07, 6.45) is 1.05. The largest absolute Gasteiger partial charge is 0.486 e. The number of aryl methyl sites for hydroxylation is 2. The number of amides is 1. The first-order valence-corrected chi connectivity index (χ1v) is 10.7. The van der Waals surface area contributed by atoms with E-state index in [9.17, 15) is 4.79 Å². The molecule has 1 N–H and O–H groups in total. The Labute approximate surface area is 183 Å². The minimum absolute atomic E-state index is 0.00382. The zero-order valence-corrected chi connectivity index (χ0v) is 18.3. The van der Waals surface area contributed by atoms with Gasteiger partial charge in [0.05, 0.1) is 17.8 Å². The van der Waals surface area contributed by atoms with Crippen LogP contribution in [0.15, 0.2) is 54.6 Å². The highest BCUT2D eigenvalue weighted by molar-refractivity contribution is 5.77. The molecule has 1 aliphatic rings. The van der Waals surface area contributed by atoms with Crippen LogP contribution in [0.25, 0.3) is 0 Å². The van der Waals surface area contributed by atoms with Crippen molar-refractivity contribution in [3.8, 4) is 11.5 Å². The van der Waals surface area contributed by atoms with Crippen LogP contribution in [0.2, 0.25) is 0 Å². The van der Waals surface area contributed by atoms with E-state index in [2.05, 4.69) is 22.5 Å². The van der Waals surface area contributed by atoms with Crippen molar-refractivity contribution in [2.24, 2.45) is 0 Å². The molecule has 0 spiro atoms. The van der Waals surface area contributed by atoms with Crippen LogP contribution in [0, 0.1) is 13.8 Å². The summed E-state index contributed by atoms with van der Waals surface area (Å²) in [6, 6.07) is 17.9. The number of nitrogens with zero attached hydrogens (tertiary/aromatic N) is 2. The molecule has 0 saturated heterocycles. The lowest BCUT2D eigenvalue weighted by Crippen LogP contribution is -2.32. The van der Waals surface area contributed by atoms with Crippen molar-refractivity contribution in [2.75, 3.05) is 13.2 Å². The van der Waals surface area contributed by atoms with E-state index in [-0.39, 0.29) is 18.0 Å². The molecule has 0 saturated carbocycles. The van der Waals surface area contributed by atoms with E-state index in [0.29, 0.717) is 26.1 Å². The van der Waals surface area contributed by atoms with Gasteiger partial charge in [-0.3, -0.25) is 9.48 Å². The molecule has 1 aromatic heterocycles. The summed E-state index contributed by atoms with van der Waals surface area (Å²) in [7, 11) is 0. The van der Waals surface area contributed by atoms with Crippen LogP contribution in [0.3, 0.4) is 0 Å². The summed E-state index contributed by atoms with van der Waals surface area (Å²) in [5.41, 5.74) is 4.18. The molecule has 4 rings (SSSR count). The smallest absolute Gasteiger partial charge is 0.222 e. The molecule has 2 heterocycles. The Kier molecular flexibility index (Phi) is 6.26. The predicted octanol–water partition coefficient (Wildman–Crippen LogP) is 4.32. The summed E-state index contributed by atoms with van der Waals surface area (Å²) >= 11 is 0. The molecule has 0 aliphatic carbocycles. The van der Waals surface area contributed by atoms with Crippen molar-refractivity contribution in [2.45, 2.75) is 45.7 Å². The Hall–Kier alpha value is -3.28. The monoisotopic (exact) mass is 419 g/mol. The molecular weight excluding hydrogens is 390 g/mol. The van der Waals surface area contributed by atoms with E-state index in [1.165, 1.54) is 0 Å². The van der Waals surface area contributed by atoms with Gasteiger partial charge in [-0.25, -0.2) is 0 Å². The minimum Gasteiger partial charge on any atom is -0.486 e. The second-order valence-electron chi connectivity index (χ2n) is 8.14. The van der Waals surface area contributed by atoms with Gasteiger partial charge in [0.25, 0.3) is 0 Å². The normalized spacial score (nSPS) is 14.7. The lowest BCUT2D eigenvalue weighted by atomic mass is 9.98. The topological polar surface area (TPSA) is 65.4 Å². The number of aromatic nitrogens is 2. The fourth-order valence-corrected chi connectivity index (χ4v) is 4.08. The number of ether oxygens (including phenoxy) is 2. The zero-order chi connectivity index (χ0) is 21.8. The number of fused-ring (bicyclic) bond motifs is 1. The number of rotatable bonds is 7. The van der Waals surface area contributed by atoms with Gasteiger partial charge in [0.1, 0.15) is 13.2 Å². The number of nitrogens with one attached hydrogen (secondary N) is 1. The van der Waals surface area contributed by atoms with Crippen LogP contribution in [0.1, 0.15) is 47.9 Å². The van der Waals surface area contributed by atoms with Crippen molar-refractivity contribution in [3.05, 3.63) is 77.1 Å². The first kappa shape index (κ1) is 21.0. The predicted molar refractivity (Wildman–Crippen MR) is 119 cm³/mol. The van der Waals surface area contributed by atoms with Gasteiger partial charge in [-0.15, -0.1) is 0 Å². The summed E-state index contributed by atoms with van der Waals surface area (Å²) in [5.74, 6) is 1.47. The first-order valence-electron chi connectivity index (χ1n) is 10.7. The fraction of sp³-hybridized carbons (Fsp3) is 0.360. The van der Waals surface area contributed by atoms with E-state index in [1.54, 1.807) is 0 Å². The SMILES string of the molecule is Cc1cc(C)n([C@@H](C)CC(=O)N[C@@H](Cc2ccccc2)c2ccc3c(c2)OCCO3)n1. The zero-order valence-electron chi connectivity index (χ0n) is 18.3. The molecule has 0 unspecified atom stereocenters. The molecule has 0 fully saturated rings. The molecule has 3 aromatic rings. The number of carbonyl (C=O) groups excluding carboxylic acids is 1. The van der Waals surface area contributed by atoms with Gasteiger partial charge in [-0.1, -0.05) is 36.4 Å². The average Bonchev–Trinajstić information content (AvgIpc) is 3.11. The molecule has 2 atom stereocenters. The van der Waals surface area contributed by atoms with Crippen molar-refractivity contribution in [1.82, 2.24) is 15.1 Å². The highest BCUT2D eigenvalue weighted by Crippen LogP contribution is 2.33. The fourth-order valence-electron chi connectivity index (χ4n) is 4.08. The summed E-state index contributed by atoms with van der Waals surface area (Å²) in [5, 5.41) is 7.76. The van der Waals surface area contributed by atoms with E-state index >= 15 is 0 Å². The summed E-state index contributed by atoms with van der Waals surface area (Å²) in [4.78, 5) is 13.0. The van der Waals surface area contributed by atoms with Gasteiger partial charge in [0, 0.05) is 12.1 Å². The number of benzene rings is 2. The number of carbonyl (C=O) groups is 1. The lowest BCUT2D eigenvalue weighted by molar-refractivity contribution is -0.122. The van der Waals surface area contributed by atoms with E-state index in [1.807, 2.05) is 67.9 Å². The second-order valence-corrected chi connectivity index (χ2v) is 8.14. The summed E-state index contributed by atoms with van der Waals surface area (Å²) in [6.45, 7) is 7.10. The van der Waals surface area contributed by atoms with Crippen molar-refractivity contribution in [1.29, 1.82) is 0 Å². The second kappa shape index (κ2) is 9.25. The van der Waals surface area contributed by atoms with E-state index < -0.39 is 0 Å². The maximum absolute atomic E-state index is 13.0. The quantitative estimate of drug-likeness (QED) is 0.619. The van der Waals surface area contributed by atoms with Crippen LogP contribution < -0.4 is 14.8 Å². The van der Waals surface area contributed by atoms with Gasteiger partial charge in [-0.2, -0.15) is 5.10 Å². The van der Waals surface area contributed by atoms with Gasteiger partial charge >= 0.3 is 0 Å². The molecule has 31 heavy (non-hydrogen) atoms. The Morgan fingerprint density at radius 2 is 1.81 bits per heavy atom. The van der Waals surface area contributed by atoms with Crippen LogP contribution in [0.4, 0.5) is 0 Å². The molecule has 6 nitrogen and oxygen atoms in total. The average molecular weight is 420 g/mol. The molecule has 1 aliphatic heterocycles. The Bertz CT molecular complexity index is 1050. The third-order valence-electron chi connectivity index (χ3n) is 5.53. The van der Waals surface area contributed by atoms with Crippen molar-refractivity contribution >= 4 is 5.91 Å². The van der Waals surface area contributed by atoms with E-state index in [4.69, 9.17) is 9.47 Å². The number of hydrogen-bond donors (Lipinski definition) is 1. The molecule has 0 radical (unpaired) electrons. The van der Waals surface area contributed by atoms with Crippen molar-refractivity contribution in [3.63, 3.8) is 0 Å². The standard InChI is InChI=1S/C25H29N3O3/c1-17-13-18(2)28(27-17)19(3)14-25(29)26-22(15-20-7-5-4-6-8-20)21-9-10-23-24(16-21)31-12-11-30-23/h4-10,13,16,19,22H,11-12,14-15H2,1-3H3,(H,26,29)/t19-,22-/m0/s1. The van der Waals surface area contributed by atoms with E-state index in [0.717, 1.165) is 34.0 Å². The highest BCUT2D eigenvalue weighted by atomic mass is 16.6. The third-order valence-corrected chi connectivity index (χ3v) is 5.53. The van der Waals surface area contributed by atoms with Crippen LogP contribution in [-0.2, 0) is 11.2 Å². The van der Waals surface area contributed by atoms with Gasteiger partial charge in [0.2, 0.25) is 5.91 Å². The Morgan fingerprint density at radius 1 is 1.06 bits per heavy atom. The van der Waals surface area contributed by atoms with Gasteiger partial charge in [0.15, 0.2) is 11.5 Å². The Balaban J connectivity index is 1.53. The summed E-state index contributed by atoms with van der Waals surface area (Å²) < 4.78 is 13.3. The first-order chi connectivity index (χ1) is 15.0. The van der Waals surface area contributed by atoms with Gasteiger partial charge < -0.3 is 14.8 Å². The lowest BCUT2D eigenvalue weighted by Gasteiger charge is -2.24. The number of hydrogen-bond acceptors (Lipinski definition) is 4. The van der Waals surface area contributed by atoms with Crippen molar-refractivity contribution < 1.29 is 14.3 Å². The van der Waals surface area contributed by atoms with Gasteiger partial charge in [-0.05, 0) is 56.5 Å². The minimum atomic E-state index is -0.168. The molecular formula is C25H29N3O3. The maximum Gasteiger partial charge on any atom is 0.222 e. The molecule has 6 heteroatoms. The molecule has 0 bridgehead atoms. The maximum atomic E-state index is 13.0. The van der Waals surface area contributed by atoms with Crippen LogP contribution >= 0.6 is 0 Å². The highest BCUT2D eigenvalue weighted by Gasteiger charge is 2.21. The van der Waals surface area contributed by atoms with Crippen LogP contribution in [-0.4, -0.2) is 28.9 Å². The Morgan fingerprint density at radius 3 is 2.52 bits per heavy atom. The molecule has 162 valence electrons.